The summed E-state index contributed by atoms with van der Waals surface area (Å²) in [5.41, 5.74) is 1.05. The van der Waals surface area contributed by atoms with Crippen LogP contribution in [0.1, 0.15) is 30.0 Å². The van der Waals surface area contributed by atoms with Crippen LogP contribution < -0.4 is 5.32 Å². The molecule has 0 aliphatic heterocycles. The SMILES string of the molecule is Cc1csc(CCCCNC(=O)N(C)CCC(=O)O)n1. The van der Waals surface area contributed by atoms with E-state index in [1.54, 1.807) is 18.4 Å². The topological polar surface area (TPSA) is 82.5 Å². The van der Waals surface area contributed by atoms with Gasteiger partial charge in [-0.3, -0.25) is 4.79 Å². The van der Waals surface area contributed by atoms with Crippen molar-refractivity contribution in [3.63, 3.8) is 0 Å². The molecule has 2 N–H and O–H groups in total. The first-order chi connectivity index (χ1) is 9.49. The fourth-order valence-corrected chi connectivity index (χ4v) is 2.43. The van der Waals surface area contributed by atoms with Crippen LogP contribution in [0.15, 0.2) is 5.38 Å². The van der Waals surface area contributed by atoms with E-state index in [-0.39, 0.29) is 19.0 Å². The van der Waals surface area contributed by atoms with Crippen LogP contribution in [0.4, 0.5) is 4.79 Å². The van der Waals surface area contributed by atoms with Gasteiger partial charge in [0.05, 0.1) is 11.4 Å². The number of urea groups is 1. The Morgan fingerprint density at radius 1 is 1.45 bits per heavy atom. The van der Waals surface area contributed by atoms with E-state index in [2.05, 4.69) is 10.3 Å². The smallest absolute Gasteiger partial charge is 0.317 e. The summed E-state index contributed by atoms with van der Waals surface area (Å²) in [6.07, 6.45) is 2.76. The number of carbonyl (C=O) groups excluding carboxylic acids is 1. The molecule has 0 aromatic carbocycles. The number of rotatable bonds is 8. The molecule has 0 saturated carbocycles. The van der Waals surface area contributed by atoms with E-state index < -0.39 is 5.97 Å². The predicted molar refractivity (Wildman–Crippen MR) is 78.1 cm³/mol. The maximum absolute atomic E-state index is 11.6. The second kappa shape index (κ2) is 8.52. The van der Waals surface area contributed by atoms with Gasteiger partial charge >= 0.3 is 12.0 Å². The van der Waals surface area contributed by atoms with E-state index in [4.69, 9.17) is 5.11 Å². The Hall–Kier alpha value is -1.63. The van der Waals surface area contributed by atoms with Gasteiger partial charge in [-0.05, 0) is 26.2 Å². The van der Waals surface area contributed by atoms with Gasteiger partial charge < -0.3 is 15.3 Å². The summed E-state index contributed by atoms with van der Waals surface area (Å²) < 4.78 is 0. The molecule has 2 amide bonds. The van der Waals surface area contributed by atoms with Gasteiger partial charge in [0, 0.05) is 31.2 Å². The number of aromatic nitrogens is 1. The zero-order chi connectivity index (χ0) is 15.0. The molecule has 7 heteroatoms. The van der Waals surface area contributed by atoms with Crippen molar-refractivity contribution in [3.8, 4) is 0 Å². The van der Waals surface area contributed by atoms with Crippen LogP contribution in [0.5, 0.6) is 0 Å². The molecule has 0 aliphatic rings. The number of aliphatic carboxylic acids is 1. The Labute approximate surface area is 122 Å². The molecule has 0 unspecified atom stereocenters. The Bertz CT molecular complexity index is 448. The number of nitrogens with one attached hydrogen (secondary N) is 1. The van der Waals surface area contributed by atoms with Crippen LogP contribution in [0.3, 0.4) is 0 Å². The monoisotopic (exact) mass is 299 g/mol. The molecule has 20 heavy (non-hydrogen) atoms. The zero-order valence-electron chi connectivity index (χ0n) is 11.9. The van der Waals surface area contributed by atoms with Crippen LogP contribution in [-0.4, -0.2) is 47.1 Å². The van der Waals surface area contributed by atoms with Gasteiger partial charge in [-0.25, -0.2) is 9.78 Å². The standard InChI is InChI=1S/C13H21N3O3S/c1-10-9-20-11(15-10)5-3-4-7-14-13(19)16(2)8-6-12(17)18/h9H,3-8H2,1-2H3,(H,14,19)(H,17,18). The number of unbranched alkanes of at least 4 members (excludes halogenated alkanes) is 1. The minimum atomic E-state index is -0.900. The second-order valence-corrected chi connectivity index (χ2v) is 5.58. The molecule has 1 aromatic heterocycles. The number of hydrogen-bond acceptors (Lipinski definition) is 4. The van der Waals surface area contributed by atoms with Gasteiger partial charge in [0.25, 0.3) is 0 Å². The molecule has 0 bridgehead atoms. The maximum atomic E-state index is 11.6. The van der Waals surface area contributed by atoms with E-state index in [0.29, 0.717) is 6.54 Å². The Balaban J connectivity index is 2.08. The molecule has 6 nitrogen and oxygen atoms in total. The van der Waals surface area contributed by atoms with Gasteiger partial charge in [-0.15, -0.1) is 11.3 Å². The summed E-state index contributed by atoms with van der Waals surface area (Å²) in [6.45, 7) is 2.80. The van der Waals surface area contributed by atoms with Crippen molar-refractivity contribution >= 4 is 23.3 Å². The Morgan fingerprint density at radius 2 is 2.20 bits per heavy atom. The molecular formula is C13H21N3O3S. The molecule has 0 atom stereocenters. The lowest BCUT2D eigenvalue weighted by Crippen LogP contribution is -2.38. The third-order valence-corrected chi connectivity index (χ3v) is 3.79. The molecule has 1 rings (SSSR count). The van der Waals surface area contributed by atoms with Gasteiger partial charge in [0.15, 0.2) is 0 Å². The van der Waals surface area contributed by atoms with Crippen molar-refractivity contribution in [2.24, 2.45) is 0 Å². The molecule has 1 heterocycles. The molecule has 0 spiro atoms. The molecule has 112 valence electrons. The number of thiazole rings is 1. The number of amides is 2. The highest BCUT2D eigenvalue weighted by Gasteiger charge is 2.09. The number of nitrogens with zero attached hydrogens (tertiary/aromatic N) is 2. The fourth-order valence-electron chi connectivity index (χ4n) is 1.61. The fraction of sp³-hybridized carbons (Fsp3) is 0.615. The highest BCUT2D eigenvalue weighted by molar-refractivity contribution is 7.09. The lowest BCUT2D eigenvalue weighted by Gasteiger charge is -2.16. The Kier molecular flexibility index (Phi) is 7.00. The summed E-state index contributed by atoms with van der Waals surface area (Å²) in [6, 6.07) is -0.226. The molecule has 0 saturated heterocycles. The largest absolute Gasteiger partial charge is 0.481 e. The van der Waals surface area contributed by atoms with E-state index in [1.165, 1.54) is 4.90 Å². The first-order valence-electron chi connectivity index (χ1n) is 6.61. The summed E-state index contributed by atoms with van der Waals surface area (Å²) >= 11 is 1.67. The van der Waals surface area contributed by atoms with Gasteiger partial charge in [-0.2, -0.15) is 0 Å². The van der Waals surface area contributed by atoms with Crippen molar-refractivity contribution in [3.05, 3.63) is 16.1 Å². The Morgan fingerprint density at radius 3 is 2.80 bits per heavy atom. The molecule has 0 aliphatic carbocycles. The lowest BCUT2D eigenvalue weighted by atomic mass is 10.2. The highest BCUT2D eigenvalue weighted by Crippen LogP contribution is 2.11. The molecular weight excluding hydrogens is 278 g/mol. The van der Waals surface area contributed by atoms with Crippen LogP contribution in [0.25, 0.3) is 0 Å². The van der Waals surface area contributed by atoms with Gasteiger partial charge in [0.2, 0.25) is 0 Å². The van der Waals surface area contributed by atoms with Crippen molar-refractivity contribution in [2.45, 2.75) is 32.6 Å². The number of aryl methyl sites for hydroxylation is 2. The van der Waals surface area contributed by atoms with Crippen molar-refractivity contribution < 1.29 is 14.7 Å². The van der Waals surface area contributed by atoms with Gasteiger partial charge in [-0.1, -0.05) is 0 Å². The van der Waals surface area contributed by atoms with Crippen molar-refractivity contribution in [1.82, 2.24) is 15.2 Å². The number of carbonyl (C=O) groups is 2. The third kappa shape index (κ3) is 6.51. The highest BCUT2D eigenvalue weighted by atomic mass is 32.1. The first kappa shape index (κ1) is 16.4. The van der Waals surface area contributed by atoms with Crippen LogP contribution >= 0.6 is 11.3 Å². The zero-order valence-corrected chi connectivity index (χ0v) is 12.7. The lowest BCUT2D eigenvalue weighted by molar-refractivity contribution is -0.137. The third-order valence-electron chi connectivity index (χ3n) is 2.77. The van der Waals surface area contributed by atoms with Gasteiger partial charge in [0.1, 0.15) is 0 Å². The van der Waals surface area contributed by atoms with E-state index in [1.807, 2.05) is 12.3 Å². The maximum Gasteiger partial charge on any atom is 0.317 e. The second-order valence-electron chi connectivity index (χ2n) is 4.64. The van der Waals surface area contributed by atoms with Crippen molar-refractivity contribution in [1.29, 1.82) is 0 Å². The average Bonchev–Trinajstić information content (AvgIpc) is 2.81. The van der Waals surface area contributed by atoms with Crippen LogP contribution in [0, 0.1) is 6.92 Å². The van der Waals surface area contributed by atoms with Crippen LogP contribution in [0.2, 0.25) is 0 Å². The molecule has 0 radical (unpaired) electrons. The van der Waals surface area contributed by atoms with E-state index >= 15 is 0 Å². The van der Waals surface area contributed by atoms with E-state index in [9.17, 15) is 9.59 Å². The molecule has 0 fully saturated rings. The minimum Gasteiger partial charge on any atom is -0.481 e. The number of carboxylic acids is 1. The first-order valence-corrected chi connectivity index (χ1v) is 7.48. The number of carboxylic acid groups (broad SMARTS) is 1. The summed E-state index contributed by atoms with van der Waals surface area (Å²) in [4.78, 5) is 27.8. The van der Waals surface area contributed by atoms with Crippen molar-refractivity contribution in [2.75, 3.05) is 20.1 Å². The summed E-state index contributed by atoms with van der Waals surface area (Å²) in [5.74, 6) is -0.900. The van der Waals surface area contributed by atoms with Crippen LogP contribution in [-0.2, 0) is 11.2 Å². The molecule has 1 aromatic rings. The average molecular weight is 299 g/mol. The predicted octanol–water partition coefficient (Wildman–Crippen LogP) is 1.89. The summed E-state index contributed by atoms with van der Waals surface area (Å²) in [5, 5.41) is 14.5. The minimum absolute atomic E-state index is 0.0344. The quantitative estimate of drug-likeness (QED) is 0.718. The normalized spacial score (nSPS) is 10.3. The van der Waals surface area contributed by atoms with E-state index in [0.717, 1.165) is 30.0 Å². The summed E-state index contributed by atoms with van der Waals surface area (Å²) in [7, 11) is 1.59. The number of hydrogen-bond donors (Lipinski definition) is 2.